The minimum absolute atomic E-state index is 0. The monoisotopic (exact) mass is 443 g/mol. The number of benzene rings is 1. The Labute approximate surface area is 153 Å². The number of aryl methyl sites for hydroxylation is 1. The lowest BCUT2D eigenvalue weighted by atomic mass is 10.1. The lowest BCUT2D eigenvalue weighted by Crippen LogP contribution is -2.39. The fourth-order valence-electron chi connectivity index (χ4n) is 1.94. The molecule has 1 aromatic rings. The SMILES string of the molecule is CCNC(=NCCC(F)(F)F)NC(C)c1ccc(CC)cc1.I. The molecule has 0 aliphatic carbocycles. The fraction of sp³-hybridized carbons (Fsp3) is 0.562. The van der Waals surface area contributed by atoms with E-state index in [1.807, 2.05) is 26.0 Å². The van der Waals surface area contributed by atoms with Gasteiger partial charge in [0.2, 0.25) is 0 Å². The molecule has 132 valence electrons. The number of nitrogens with one attached hydrogen (secondary N) is 2. The van der Waals surface area contributed by atoms with Crippen LogP contribution in [0.2, 0.25) is 0 Å². The van der Waals surface area contributed by atoms with Crippen LogP contribution in [0.15, 0.2) is 29.3 Å². The van der Waals surface area contributed by atoms with Crippen molar-refractivity contribution < 1.29 is 13.2 Å². The van der Waals surface area contributed by atoms with Crippen molar-refractivity contribution in [2.24, 2.45) is 4.99 Å². The van der Waals surface area contributed by atoms with Crippen LogP contribution in [0.3, 0.4) is 0 Å². The molecule has 1 rings (SSSR count). The van der Waals surface area contributed by atoms with E-state index in [-0.39, 0.29) is 36.6 Å². The second-order valence-corrected chi connectivity index (χ2v) is 5.09. The van der Waals surface area contributed by atoms with Crippen LogP contribution in [0.5, 0.6) is 0 Å². The van der Waals surface area contributed by atoms with Crippen molar-refractivity contribution in [1.82, 2.24) is 10.6 Å². The van der Waals surface area contributed by atoms with Gasteiger partial charge in [0.1, 0.15) is 0 Å². The van der Waals surface area contributed by atoms with Gasteiger partial charge >= 0.3 is 6.18 Å². The van der Waals surface area contributed by atoms with Crippen LogP contribution >= 0.6 is 24.0 Å². The Kier molecular flexibility index (Phi) is 10.3. The third-order valence-electron chi connectivity index (χ3n) is 3.25. The number of alkyl halides is 3. The quantitative estimate of drug-likeness (QED) is 0.388. The standard InChI is InChI=1S/C16H24F3N3.HI/c1-4-13-6-8-14(9-7-13)12(3)22-15(20-5-2)21-11-10-16(17,18)19;/h6-9,12H,4-5,10-11H2,1-3H3,(H2,20,21,22);1H. The molecule has 0 fully saturated rings. The molecule has 0 amide bonds. The molecule has 0 aliphatic rings. The maximum absolute atomic E-state index is 12.2. The summed E-state index contributed by atoms with van der Waals surface area (Å²) in [5.74, 6) is 0.402. The minimum Gasteiger partial charge on any atom is -0.357 e. The lowest BCUT2D eigenvalue weighted by molar-refractivity contribution is -0.132. The first kappa shape index (κ1) is 22.0. The molecule has 1 atom stereocenters. The molecule has 0 aliphatic heterocycles. The van der Waals surface area contributed by atoms with Gasteiger partial charge in [-0.3, -0.25) is 4.99 Å². The van der Waals surface area contributed by atoms with Crippen LogP contribution in [0.1, 0.15) is 44.4 Å². The molecule has 0 bridgehead atoms. The summed E-state index contributed by atoms with van der Waals surface area (Å²) in [6.45, 7) is 6.24. The van der Waals surface area contributed by atoms with Crippen LogP contribution < -0.4 is 10.6 Å². The maximum Gasteiger partial charge on any atom is 0.390 e. The average Bonchev–Trinajstić information content (AvgIpc) is 2.46. The zero-order valence-corrected chi connectivity index (χ0v) is 16.0. The van der Waals surface area contributed by atoms with Gasteiger partial charge in [-0.1, -0.05) is 31.2 Å². The van der Waals surface area contributed by atoms with E-state index < -0.39 is 12.6 Å². The number of halogens is 4. The van der Waals surface area contributed by atoms with E-state index in [0.29, 0.717) is 12.5 Å². The average molecular weight is 443 g/mol. The Morgan fingerprint density at radius 1 is 1.17 bits per heavy atom. The maximum atomic E-state index is 12.2. The van der Waals surface area contributed by atoms with Crippen molar-refractivity contribution in [2.75, 3.05) is 13.1 Å². The van der Waals surface area contributed by atoms with Gasteiger partial charge in [0.15, 0.2) is 5.96 Å². The summed E-state index contributed by atoms with van der Waals surface area (Å²) in [4.78, 5) is 3.97. The summed E-state index contributed by atoms with van der Waals surface area (Å²) in [5.41, 5.74) is 2.32. The number of nitrogens with zero attached hydrogens (tertiary/aromatic N) is 1. The van der Waals surface area contributed by atoms with Crippen LogP contribution in [-0.2, 0) is 6.42 Å². The summed E-state index contributed by atoms with van der Waals surface area (Å²) >= 11 is 0. The van der Waals surface area contributed by atoms with Gasteiger partial charge in [0.05, 0.1) is 19.0 Å². The summed E-state index contributed by atoms with van der Waals surface area (Å²) in [7, 11) is 0. The number of hydrogen-bond acceptors (Lipinski definition) is 1. The molecule has 0 saturated carbocycles. The third kappa shape index (κ3) is 9.02. The highest BCUT2D eigenvalue weighted by Crippen LogP contribution is 2.19. The van der Waals surface area contributed by atoms with Crippen molar-refractivity contribution in [2.45, 2.75) is 45.8 Å². The van der Waals surface area contributed by atoms with Gasteiger partial charge < -0.3 is 10.6 Å². The smallest absolute Gasteiger partial charge is 0.357 e. The van der Waals surface area contributed by atoms with E-state index in [2.05, 4.69) is 34.7 Å². The fourth-order valence-corrected chi connectivity index (χ4v) is 1.94. The third-order valence-corrected chi connectivity index (χ3v) is 3.25. The highest BCUT2D eigenvalue weighted by molar-refractivity contribution is 14.0. The van der Waals surface area contributed by atoms with E-state index in [4.69, 9.17) is 0 Å². The number of guanidine groups is 1. The van der Waals surface area contributed by atoms with Gasteiger partial charge in [-0.2, -0.15) is 13.2 Å². The van der Waals surface area contributed by atoms with Gasteiger partial charge in [-0.15, -0.1) is 24.0 Å². The molecular formula is C16H25F3IN3. The van der Waals surface area contributed by atoms with Crippen molar-refractivity contribution in [1.29, 1.82) is 0 Å². The zero-order chi connectivity index (χ0) is 16.6. The van der Waals surface area contributed by atoms with E-state index in [9.17, 15) is 13.2 Å². The highest BCUT2D eigenvalue weighted by atomic mass is 127. The summed E-state index contributed by atoms with van der Waals surface area (Å²) in [6, 6.07) is 8.13. The van der Waals surface area contributed by atoms with E-state index in [1.54, 1.807) is 0 Å². The van der Waals surface area contributed by atoms with Gasteiger partial charge in [-0.05, 0) is 31.4 Å². The molecule has 2 N–H and O–H groups in total. The highest BCUT2D eigenvalue weighted by Gasteiger charge is 2.26. The molecule has 1 unspecified atom stereocenters. The molecule has 23 heavy (non-hydrogen) atoms. The Morgan fingerprint density at radius 3 is 2.26 bits per heavy atom. The van der Waals surface area contributed by atoms with Crippen molar-refractivity contribution in [3.8, 4) is 0 Å². The van der Waals surface area contributed by atoms with Crippen molar-refractivity contribution in [3.05, 3.63) is 35.4 Å². The number of aliphatic imine (C=N–C) groups is 1. The molecule has 7 heteroatoms. The first-order chi connectivity index (χ1) is 10.4. The number of hydrogen-bond donors (Lipinski definition) is 2. The number of rotatable bonds is 6. The zero-order valence-electron chi connectivity index (χ0n) is 13.7. The summed E-state index contributed by atoms with van der Waals surface area (Å²) in [6.07, 6.45) is -4.12. The molecule has 0 aromatic heterocycles. The van der Waals surface area contributed by atoms with Gasteiger partial charge in [-0.25, -0.2) is 0 Å². The Hall–Kier alpha value is -0.990. The molecule has 0 heterocycles. The van der Waals surface area contributed by atoms with Gasteiger partial charge in [0, 0.05) is 6.54 Å². The van der Waals surface area contributed by atoms with Crippen molar-refractivity contribution >= 4 is 29.9 Å². The van der Waals surface area contributed by atoms with E-state index in [0.717, 1.165) is 12.0 Å². The van der Waals surface area contributed by atoms with Crippen LogP contribution in [0.4, 0.5) is 13.2 Å². The van der Waals surface area contributed by atoms with Crippen molar-refractivity contribution in [3.63, 3.8) is 0 Å². The first-order valence-corrected chi connectivity index (χ1v) is 7.56. The van der Waals surface area contributed by atoms with Gasteiger partial charge in [0.25, 0.3) is 0 Å². The minimum atomic E-state index is -4.18. The Bertz CT molecular complexity index is 472. The predicted octanol–water partition coefficient (Wildman–Crippen LogP) is 4.44. The molecule has 0 spiro atoms. The predicted molar refractivity (Wildman–Crippen MR) is 99.4 cm³/mol. The summed E-state index contributed by atoms with van der Waals surface area (Å²) in [5, 5.41) is 6.09. The molecule has 3 nitrogen and oxygen atoms in total. The molecule has 0 radical (unpaired) electrons. The van der Waals surface area contributed by atoms with Crippen LogP contribution in [-0.4, -0.2) is 25.2 Å². The topological polar surface area (TPSA) is 36.4 Å². The second-order valence-electron chi connectivity index (χ2n) is 5.09. The normalized spacial score (nSPS) is 13.2. The first-order valence-electron chi connectivity index (χ1n) is 7.56. The van der Waals surface area contributed by atoms with E-state index in [1.165, 1.54) is 5.56 Å². The Morgan fingerprint density at radius 2 is 1.78 bits per heavy atom. The van der Waals surface area contributed by atoms with E-state index >= 15 is 0 Å². The van der Waals surface area contributed by atoms with Crippen LogP contribution in [0, 0.1) is 0 Å². The molecule has 1 aromatic carbocycles. The largest absolute Gasteiger partial charge is 0.390 e. The molecular weight excluding hydrogens is 418 g/mol. The lowest BCUT2D eigenvalue weighted by Gasteiger charge is -2.18. The Balaban J connectivity index is 0.00000484. The van der Waals surface area contributed by atoms with Crippen LogP contribution in [0.25, 0.3) is 0 Å². The molecule has 0 saturated heterocycles. The summed E-state index contributed by atoms with van der Waals surface area (Å²) < 4.78 is 36.5. The second kappa shape index (κ2) is 10.7.